The number of aliphatic hydroxyl groups is 1. The Kier molecular flexibility index (Phi) is 11.4. The van der Waals surface area contributed by atoms with Crippen molar-refractivity contribution in [2.24, 2.45) is 11.8 Å². The van der Waals surface area contributed by atoms with Gasteiger partial charge in [0.2, 0.25) is 24.1 Å². The van der Waals surface area contributed by atoms with E-state index in [1.54, 1.807) is 42.2 Å². The molecule has 0 unspecified atom stereocenters. The van der Waals surface area contributed by atoms with E-state index in [-0.39, 0.29) is 35.9 Å². The van der Waals surface area contributed by atoms with Gasteiger partial charge in [0.15, 0.2) is 0 Å². The summed E-state index contributed by atoms with van der Waals surface area (Å²) in [6.07, 6.45) is 5.26. The van der Waals surface area contributed by atoms with E-state index in [9.17, 15) is 24.8 Å². The van der Waals surface area contributed by atoms with Crippen molar-refractivity contribution in [1.29, 1.82) is 0 Å². The number of alkyl halides is 1. The lowest BCUT2D eigenvalue weighted by Gasteiger charge is -2.46. The first kappa shape index (κ1) is 38.2. The van der Waals surface area contributed by atoms with Gasteiger partial charge in [0, 0.05) is 29.0 Å². The number of aromatic nitrogens is 2. The lowest BCUT2D eigenvalue weighted by molar-refractivity contribution is -0.721. The monoisotopic (exact) mass is 827 g/mol. The summed E-state index contributed by atoms with van der Waals surface area (Å²) < 4.78 is 16.8. The van der Waals surface area contributed by atoms with Crippen LogP contribution in [0.15, 0.2) is 65.7 Å². The average molecular weight is 829 g/mol. The number of nitrogens with zero attached hydrogens (tertiary/aromatic N) is 4. The van der Waals surface area contributed by atoms with Crippen LogP contribution in [0.3, 0.4) is 0 Å². The van der Waals surface area contributed by atoms with Crippen LogP contribution in [-0.4, -0.2) is 57.9 Å². The second-order valence-corrected chi connectivity index (χ2v) is 20.6. The molecular weight excluding hydrogens is 785 g/mol. The quantitative estimate of drug-likeness (QED) is 0.0190. The zero-order valence-corrected chi connectivity index (χ0v) is 34.3. The van der Waals surface area contributed by atoms with E-state index in [1.807, 2.05) is 13.1 Å². The Bertz CT molecular complexity index is 2030. The normalized spacial score (nSPS) is 19.2. The van der Waals surface area contributed by atoms with Crippen LogP contribution in [0.4, 0.5) is 5.69 Å². The van der Waals surface area contributed by atoms with Crippen LogP contribution < -0.4 is 8.99 Å². The maximum absolute atomic E-state index is 13.8. The molecule has 6 rings (SSSR count). The van der Waals surface area contributed by atoms with Gasteiger partial charge in [-0.15, -0.1) is 0 Å². The Morgan fingerprint density at radius 2 is 1.81 bits per heavy atom. The molecule has 0 saturated carbocycles. The van der Waals surface area contributed by atoms with E-state index in [0.29, 0.717) is 17.7 Å². The second kappa shape index (κ2) is 15.5. The zero-order valence-electron chi connectivity index (χ0n) is 30.1. The van der Waals surface area contributed by atoms with Crippen molar-refractivity contribution in [3.63, 3.8) is 0 Å². The topological polar surface area (TPSA) is 128 Å². The molecule has 0 radical (unpaired) electrons. The van der Waals surface area contributed by atoms with E-state index in [1.165, 1.54) is 17.0 Å². The van der Waals surface area contributed by atoms with Gasteiger partial charge in [0.1, 0.15) is 30.8 Å². The summed E-state index contributed by atoms with van der Waals surface area (Å²) >= 11 is 6.86. The zero-order chi connectivity index (χ0) is 37.5. The van der Waals surface area contributed by atoms with Crippen molar-refractivity contribution in [2.75, 3.05) is 6.26 Å². The minimum atomic E-state index is -1.86. The number of amides is 1. The van der Waals surface area contributed by atoms with Crippen LogP contribution in [0.2, 0.25) is 18.1 Å². The number of nitro groups is 1. The molecule has 1 amide bonds. The van der Waals surface area contributed by atoms with Crippen molar-refractivity contribution in [3.05, 3.63) is 92.4 Å². The van der Waals surface area contributed by atoms with E-state index in [4.69, 9.17) is 9.16 Å². The smallest absolute Gasteiger partial charge is 0.355 e. The third-order valence-electron chi connectivity index (χ3n) is 10.5. The molecule has 276 valence electrons. The van der Waals surface area contributed by atoms with Gasteiger partial charge < -0.3 is 19.2 Å². The van der Waals surface area contributed by atoms with Crippen LogP contribution in [0.1, 0.15) is 56.2 Å². The predicted molar refractivity (Wildman–Crippen MR) is 208 cm³/mol. The van der Waals surface area contributed by atoms with Crippen LogP contribution in [-0.2, 0) is 32.8 Å². The number of carbonyl (C=O) groups is 2. The molecule has 0 spiro atoms. The number of imidazole rings is 1. The third-order valence-corrected chi connectivity index (χ3v) is 17.8. The van der Waals surface area contributed by atoms with Crippen molar-refractivity contribution < 1.29 is 33.3 Å². The number of non-ortho nitro benzene ring substituents is 1. The van der Waals surface area contributed by atoms with E-state index < -0.39 is 31.2 Å². The molecule has 0 bridgehead atoms. The number of nitro benzene ring substituents is 1. The summed E-state index contributed by atoms with van der Waals surface area (Å²) in [6, 6.07) is 15.2. The fourth-order valence-corrected chi connectivity index (χ4v) is 12.6. The van der Waals surface area contributed by atoms with E-state index in [2.05, 4.69) is 76.5 Å². The minimum absolute atomic E-state index is 0.0578. The van der Waals surface area contributed by atoms with Gasteiger partial charge in [-0.3, -0.25) is 14.9 Å². The average Bonchev–Trinajstić information content (AvgIpc) is 3.76. The lowest BCUT2D eigenvalue weighted by Crippen LogP contribution is -2.63. The maximum atomic E-state index is 13.8. The summed E-state index contributed by atoms with van der Waals surface area (Å²) in [6.45, 7) is 10.8. The van der Waals surface area contributed by atoms with Gasteiger partial charge in [-0.25, -0.2) is 9.36 Å². The standard InChI is InChI=1S/C37H44BrN4O7S2Si/c1-7-52(8-2,9-3)49-28-15-25(17-38)14-26(16-28)18-39-21-40-19-29(51-36(40)35(39)50-6)30-22(4)32-31(23(5)43)34(44)41(32)33(30)37(45)48-20-24-10-12-27(13-11-24)42(46)47/h10-16,19,21-23,31-32,43H,7-9,17-18,20H2,1-6H3/q+1/t22-,23+,31+,32+/m0/s1. The summed E-state index contributed by atoms with van der Waals surface area (Å²) in [7, 11) is -1.86. The number of thiazole rings is 1. The molecule has 2 aromatic heterocycles. The Hall–Kier alpha value is -3.50. The molecule has 2 aliphatic heterocycles. The highest BCUT2D eigenvalue weighted by Crippen LogP contribution is 2.52. The molecule has 2 aromatic carbocycles. The third kappa shape index (κ3) is 6.97. The van der Waals surface area contributed by atoms with E-state index >= 15 is 0 Å². The Morgan fingerprint density at radius 1 is 1.13 bits per heavy atom. The number of β-lactam (4-membered cyclic amide) rings is 1. The molecule has 1 fully saturated rings. The van der Waals surface area contributed by atoms with Gasteiger partial charge in [0.05, 0.1) is 27.9 Å². The van der Waals surface area contributed by atoms with Crippen molar-refractivity contribution in [1.82, 2.24) is 9.30 Å². The number of esters is 1. The molecule has 4 atom stereocenters. The lowest BCUT2D eigenvalue weighted by atomic mass is 9.77. The number of rotatable bonds is 15. The SMILES string of the molecule is CC[Si](CC)(CC)Oc1cc(CBr)cc(C[n+]2cn3cc(C4=C(C(=O)OCc5ccc([N+](=O)[O-])cc5)N5C(=O)[C@H]([C@@H](C)O)[C@H]5[C@H]4C)sc3c2SC)c1. The molecule has 2 aliphatic rings. The molecule has 11 nitrogen and oxygen atoms in total. The first-order valence-corrected chi connectivity index (χ1v) is 23.2. The molecule has 4 heterocycles. The number of aliphatic hydroxyl groups excluding tert-OH is 1. The summed E-state index contributed by atoms with van der Waals surface area (Å²) in [5, 5.41) is 23.4. The van der Waals surface area contributed by atoms with Gasteiger partial charge >= 0.3 is 5.97 Å². The maximum Gasteiger partial charge on any atom is 0.355 e. The minimum Gasteiger partial charge on any atom is -0.543 e. The van der Waals surface area contributed by atoms with Gasteiger partial charge in [0.25, 0.3) is 12.0 Å². The number of hydrogen-bond acceptors (Lipinski definition) is 9. The predicted octanol–water partition coefficient (Wildman–Crippen LogP) is 7.56. The Labute approximate surface area is 321 Å². The molecule has 0 aliphatic carbocycles. The summed E-state index contributed by atoms with van der Waals surface area (Å²) in [4.78, 5) is 41.1. The largest absolute Gasteiger partial charge is 0.543 e. The molecule has 1 N–H and O–H groups in total. The number of hydrogen-bond donors (Lipinski definition) is 1. The molecular formula is C37H44BrN4O7S2Si+. The highest BCUT2D eigenvalue weighted by atomic mass is 79.9. The fourth-order valence-electron chi connectivity index (χ4n) is 7.56. The van der Waals surface area contributed by atoms with Crippen molar-refractivity contribution in [3.8, 4) is 5.75 Å². The summed E-state index contributed by atoms with van der Waals surface area (Å²) in [5.74, 6) is -0.875. The molecule has 52 heavy (non-hydrogen) atoms. The number of fused-ring (bicyclic) bond motifs is 2. The van der Waals surface area contributed by atoms with Gasteiger partial charge in [-0.1, -0.05) is 72.8 Å². The van der Waals surface area contributed by atoms with Crippen LogP contribution in [0.25, 0.3) is 10.4 Å². The highest BCUT2D eigenvalue weighted by molar-refractivity contribution is 9.08. The first-order chi connectivity index (χ1) is 24.9. The van der Waals surface area contributed by atoms with E-state index in [0.717, 1.165) is 55.1 Å². The van der Waals surface area contributed by atoms with Gasteiger partial charge in [-0.05, 0) is 72.3 Å². The number of thioether (sulfide) groups is 1. The fraction of sp³-hybridized carbons (Fsp3) is 0.432. The number of ether oxygens (including phenoxy) is 1. The number of halogens is 1. The van der Waals surface area contributed by atoms with Gasteiger partial charge in [-0.2, -0.15) is 4.40 Å². The van der Waals surface area contributed by atoms with Crippen molar-refractivity contribution >= 4 is 75.3 Å². The van der Waals surface area contributed by atoms with Crippen molar-refractivity contribution in [2.45, 2.75) is 88.4 Å². The molecule has 15 heteroatoms. The Morgan fingerprint density at radius 3 is 2.40 bits per heavy atom. The van der Waals surface area contributed by atoms with Crippen LogP contribution in [0, 0.1) is 22.0 Å². The van der Waals surface area contributed by atoms with Crippen LogP contribution >= 0.6 is 39.0 Å². The number of benzene rings is 2. The summed E-state index contributed by atoms with van der Waals surface area (Å²) in [5.41, 5.74) is 3.74. The second-order valence-electron chi connectivity index (χ2n) is 13.5. The number of carbonyl (C=O) groups excluding carboxylic acids is 2. The highest BCUT2D eigenvalue weighted by Gasteiger charge is 2.60. The first-order valence-electron chi connectivity index (χ1n) is 17.5. The molecule has 4 aromatic rings. The van der Waals surface area contributed by atoms with Crippen LogP contribution in [0.5, 0.6) is 5.75 Å². The molecule has 1 saturated heterocycles. The Balaban J connectivity index is 1.33.